The van der Waals surface area contributed by atoms with Crippen LogP contribution in [0.25, 0.3) is 0 Å². The molecule has 0 amide bonds. The van der Waals surface area contributed by atoms with E-state index in [9.17, 15) is 4.79 Å². The number of hydrogen-bond acceptors (Lipinski definition) is 5. The zero-order valence-electron chi connectivity index (χ0n) is 10.4. The van der Waals surface area contributed by atoms with E-state index in [1.807, 2.05) is 18.4 Å². The fraction of sp³-hybridized carbons (Fsp3) is 0.231. The molecule has 2 rings (SSSR count). The van der Waals surface area contributed by atoms with Crippen LogP contribution < -0.4 is 11.1 Å². The molecule has 0 aliphatic rings. The van der Waals surface area contributed by atoms with Crippen molar-refractivity contribution in [3.05, 3.63) is 39.8 Å². The van der Waals surface area contributed by atoms with Crippen LogP contribution in [0.2, 0.25) is 0 Å². The van der Waals surface area contributed by atoms with Crippen LogP contribution in [0.5, 0.6) is 0 Å². The molecule has 1 heterocycles. The smallest absolute Gasteiger partial charge is 0.161 e. The highest BCUT2D eigenvalue weighted by atomic mass is 32.1. The number of benzene rings is 1. The first-order chi connectivity index (χ1) is 8.56. The second-order valence-corrected chi connectivity index (χ2v) is 5.04. The summed E-state index contributed by atoms with van der Waals surface area (Å²) < 4.78 is 0. The molecule has 0 unspecified atom stereocenters. The zero-order chi connectivity index (χ0) is 13.1. The number of aryl methyl sites for hydroxylation is 1. The van der Waals surface area contributed by atoms with Crippen LogP contribution in [0, 0.1) is 6.92 Å². The number of carbonyl (C=O) groups is 1. The minimum atomic E-state index is -0.0266. The number of aromatic nitrogens is 1. The Bertz CT molecular complexity index is 577. The average molecular weight is 261 g/mol. The Kier molecular flexibility index (Phi) is 3.62. The Labute approximate surface area is 110 Å². The van der Waals surface area contributed by atoms with Crippen LogP contribution in [0.4, 0.5) is 11.4 Å². The van der Waals surface area contributed by atoms with E-state index in [4.69, 9.17) is 5.73 Å². The first-order valence-corrected chi connectivity index (χ1v) is 6.49. The quantitative estimate of drug-likeness (QED) is 0.656. The standard InChI is InChI=1S/C13H15N3OS/c1-8-7-18-13(16-8)6-15-10-3-4-12(14)11(5-10)9(2)17/h3-5,7,15H,6,14H2,1-2H3. The molecule has 5 heteroatoms. The Morgan fingerprint density at radius 1 is 1.50 bits per heavy atom. The van der Waals surface area contributed by atoms with Gasteiger partial charge in [-0.25, -0.2) is 4.98 Å². The van der Waals surface area contributed by atoms with Crippen molar-refractivity contribution in [2.24, 2.45) is 0 Å². The largest absolute Gasteiger partial charge is 0.398 e. The molecule has 0 aliphatic carbocycles. The van der Waals surface area contributed by atoms with Gasteiger partial charge in [0.15, 0.2) is 5.78 Å². The highest BCUT2D eigenvalue weighted by molar-refractivity contribution is 7.09. The Balaban J connectivity index is 2.10. The van der Waals surface area contributed by atoms with E-state index in [0.29, 0.717) is 17.8 Å². The SMILES string of the molecule is CC(=O)c1cc(NCc2nc(C)cs2)ccc1N. The van der Waals surface area contributed by atoms with Crippen LogP contribution >= 0.6 is 11.3 Å². The summed E-state index contributed by atoms with van der Waals surface area (Å²) in [5.41, 5.74) is 8.71. The predicted molar refractivity (Wildman–Crippen MR) is 75.0 cm³/mol. The highest BCUT2D eigenvalue weighted by Crippen LogP contribution is 2.19. The summed E-state index contributed by atoms with van der Waals surface area (Å²) in [6.45, 7) is 4.14. The zero-order valence-corrected chi connectivity index (χ0v) is 11.2. The number of nitrogens with two attached hydrogens (primary N) is 1. The van der Waals surface area contributed by atoms with Crippen molar-refractivity contribution in [1.82, 2.24) is 4.98 Å². The highest BCUT2D eigenvalue weighted by Gasteiger charge is 2.06. The van der Waals surface area contributed by atoms with Crippen LogP contribution in [0.3, 0.4) is 0 Å². The maximum absolute atomic E-state index is 11.4. The van der Waals surface area contributed by atoms with Gasteiger partial charge in [0.2, 0.25) is 0 Å². The van der Waals surface area contributed by atoms with Crippen molar-refractivity contribution in [2.75, 3.05) is 11.1 Å². The van der Waals surface area contributed by atoms with Crippen molar-refractivity contribution < 1.29 is 4.79 Å². The molecule has 4 nitrogen and oxygen atoms in total. The maximum atomic E-state index is 11.4. The Hall–Kier alpha value is -1.88. The van der Waals surface area contributed by atoms with Crippen molar-refractivity contribution in [1.29, 1.82) is 0 Å². The van der Waals surface area contributed by atoms with Crippen molar-refractivity contribution in [2.45, 2.75) is 20.4 Å². The second-order valence-electron chi connectivity index (χ2n) is 4.09. The molecule has 0 saturated heterocycles. The lowest BCUT2D eigenvalue weighted by molar-refractivity contribution is 0.101. The molecule has 1 aromatic carbocycles. The lowest BCUT2D eigenvalue weighted by Gasteiger charge is -2.07. The summed E-state index contributed by atoms with van der Waals surface area (Å²) in [6.07, 6.45) is 0. The van der Waals surface area contributed by atoms with E-state index in [0.717, 1.165) is 16.4 Å². The first-order valence-electron chi connectivity index (χ1n) is 5.61. The van der Waals surface area contributed by atoms with Gasteiger partial charge in [-0.1, -0.05) is 0 Å². The van der Waals surface area contributed by atoms with Gasteiger partial charge in [-0.05, 0) is 32.0 Å². The first kappa shape index (κ1) is 12.6. The summed E-state index contributed by atoms with van der Waals surface area (Å²) in [5, 5.41) is 6.27. The third-order valence-electron chi connectivity index (χ3n) is 2.54. The summed E-state index contributed by atoms with van der Waals surface area (Å²) in [6, 6.07) is 5.38. The molecule has 94 valence electrons. The van der Waals surface area contributed by atoms with Gasteiger partial charge in [0.1, 0.15) is 5.01 Å². The number of rotatable bonds is 4. The molecule has 0 aliphatic heterocycles. The lowest BCUT2D eigenvalue weighted by atomic mass is 10.1. The average Bonchev–Trinajstić information content (AvgIpc) is 2.74. The van der Waals surface area contributed by atoms with Crippen LogP contribution in [0.15, 0.2) is 23.6 Å². The molecule has 0 radical (unpaired) electrons. The molecule has 18 heavy (non-hydrogen) atoms. The van der Waals surface area contributed by atoms with Gasteiger partial charge in [-0.15, -0.1) is 11.3 Å². The molecule has 1 aromatic heterocycles. The third kappa shape index (κ3) is 2.87. The summed E-state index contributed by atoms with van der Waals surface area (Å²) in [4.78, 5) is 15.7. The van der Waals surface area contributed by atoms with Crippen LogP contribution in [-0.4, -0.2) is 10.8 Å². The Morgan fingerprint density at radius 3 is 2.89 bits per heavy atom. The normalized spacial score (nSPS) is 10.3. The van der Waals surface area contributed by atoms with Gasteiger partial charge in [-0.3, -0.25) is 4.79 Å². The van der Waals surface area contributed by atoms with E-state index < -0.39 is 0 Å². The minimum Gasteiger partial charge on any atom is -0.398 e. The number of nitrogen functional groups attached to an aromatic ring is 1. The summed E-state index contributed by atoms with van der Waals surface area (Å²) in [5.74, 6) is -0.0266. The summed E-state index contributed by atoms with van der Waals surface area (Å²) >= 11 is 1.62. The summed E-state index contributed by atoms with van der Waals surface area (Å²) in [7, 11) is 0. The minimum absolute atomic E-state index is 0.0266. The van der Waals surface area contributed by atoms with E-state index in [2.05, 4.69) is 10.3 Å². The number of Topliss-reactive ketones (excluding diaryl/α,β-unsaturated/α-hetero) is 1. The molecule has 0 atom stereocenters. The fourth-order valence-corrected chi connectivity index (χ4v) is 2.34. The second kappa shape index (κ2) is 5.18. The molecule has 3 N–H and O–H groups in total. The molecule has 0 fully saturated rings. The lowest BCUT2D eigenvalue weighted by Crippen LogP contribution is -2.03. The number of ketones is 1. The van der Waals surface area contributed by atoms with Crippen LogP contribution in [0.1, 0.15) is 28.0 Å². The maximum Gasteiger partial charge on any atom is 0.161 e. The van der Waals surface area contributed by atoms with E-state index in [-0.39, 0.29) is 5.78 Å². The van der Waals surface area contributed by atoms with Crippen molar-refractivity contribution >= 4 is 28.5 Å². The number of thiazole rings is 1. The van der Waals surface area contributed by atoms with Crippen molar-refractivity contribution in [3.63, 3.8) is 0 Å². The Morgan fingerprint density at radius 2 is 2.28 bits per heavy atom. The topological polar surface area (TPSA) is 68.0 Å². The number of carbonyl (C=O) groups excluding carboxylic acids is 1. The molecule has 0 spiro atoms. The number of nitrogens with one attached hydrogen (secondary N) is 1. The van der Waals surface area contributed by atoms with Gasteiger partial charge < -0.3 is 11.1 Å². The van der Waals surface area contributed by atoms with Gasteiger partial charge in [0.05, 0.1) is 6.54 Å². The van der Waals surface area contributed by atoms with Gasteiger partial charge in [-0.2, -0.15) is 0 Å². The number of nitrogens with zero attached hydrogens (tertiary/aromatic N) is 1. The van der Waals surface area contributed by atoms with Crippen LogP contribution in [-0.2, 0) is 6.54 Å². The van der Waals surface area contributed by atoms with E-state index in [1.54, 1.807) is 23.5 Å². The number of hydrogen-bond donors (Lipinski definition) is 2. The van der Waals surface area contributed by atoms with Gasteiger partial charge >= 0.3 is 0 Å². The predicted octanol–water partition coefficient (Wildman–Crippen LogP) is 2.85. The van der Waals surface area contributed by atoms with E-state index >= 15 is 0 Å². The fourth-order valence-electron chi connectivity index (χ4n) is 1.63. The number of anilines is 2. The van der Waals surface area contributed by atoms with Gasteiger partial charge in [0.25, 0.3) is 0 Å². The molecule has 0 saturated carbocycles. The monoisotopic (exact) mass is 261 g/mol. The van der Waals surface area contributed by atoms with Gasteiger partial charge in [0, 0.05) is 28.0 Å². The van der Waals surface area contributed by atoms with E-state index in [1.165, 1.54) is 6.92 Å². The third-order valence-corrected chi connectivity index (χ3v) is 3.51. The van der Waals surface area contributed by atoms with Crippen molar-refractivity contribution in [3.8, 4) is 0 Å². The molecule has 0 bridgehead atoms. The molecule has 2 aromatic rings. The molecular weight excluding hydrogens is 246 g/mol. The molecular formula is C13H15N3OS.